The third-order valence-electron chi connectivity index (χ3n) is 4.24. The average molecular weight is 395 g/mol. The van der Waals surface area contributed by atoms with Crippen LogP contribution >= 0.6 is 0 Å². The number of fused-ring (bicyclic) bond motifs is 1. The highest BCUT2D eigenvalue weighted by Crippen LogP contribution is 2.32. The van der Waals surface area contributed by atoms with Gasteiger partial charge < -0.3 is 24.6 Å². The lowest BCUT2D eigenvalue weighted by Gasteiger charge is -2.19. The second kappa shape index (κ2) is 7.55. The van der Waals surface area contributed by atoms with Crippen molar-refractivity contribution in [1.29, 1.82) is 0 Å². The molecule has 0 aliphatic carbocycles. The predicted molar refractivity (Wildman–Crippen MR) is 103 cm³/mol. The van der Waals surface area contributed by atoms with Crippen LogP contribution in [0.15, 0.2) is 53.3 Å². The number of rotatable bonds is 4. The zero-order valence-corrected chi connectivity index (χ0v) is 15.4. The first-order valence-corrected chi connectivity index (χ1v) is 8.74. The second-order valence-corrected chi connectivity index (χ2v) is 6.11. The minimum Gasteiger partial charge on any atom is -0.505 e. The second-order valence-electron chi connectivity index (χ2n) is 6.11. The average Bonchev–Trinajstić information content (AvgIpc) is 2.73. The molecule has 148 valence electrons. The van der Waals surface area contributed by atoms with Crippen LogP contribution in [0.4, 0.5) is 5.69 Å². The number of hydrogen-bond donors (Lipinski definition) is 2. The largest absolute Gasteiger partial charge is 0.505 e. The minimum atomic E-state index is -0.692. The van der Waals surface area contributed by atoms with Gasteiger partial charge in [0.25, 0.3) is 11.5 Å². The van der Waals surface area contributed by atoms with Crippen LogP contribution in [0.3, 0.4) is 0 Å². The Morgan fingerprint density at radius 2 is 1.90 bits per heavy atom. The highest BCUT2D eigenvalue weighted by atomic mass is 16.6. The summed E-state index contributed by atoms with van der Waals surface area (Å²) in [5.41, 5.74) is -0.155. The number of nitrogens with zero attached hydrogens (tertiary/aromatic N) is 2. The molecule has 2 heterocycles. The van der Waals surface area contributed by atoms with Crippen molar-refractivity contribution in [3.05, 3.63) is 64.6 Å². The Labute approximate surface area is 165 Å². The van der Waals surface area contributed by atoms with E-state index in [0.29, 0.717) is 41.8 Å². The maximum Gasteiger partial charge on any atom is 0.279 e. The van der Waals surface area contributed by atoms with E-state index in [2.05, 4.69) is 10.4 Å². The van der Waals surface area contributed by atoms with Crippen LogP contribution in [0, 0.1) is 0 Å². The summed E-state index contributed by atoms with van der Waals surface area (Å²) in [5.74, 6) is 0.259. The molecule has 2 aromatic carbocycles. The first-order chi connectivity index (χ1) is 14.1. The van der Waals surface area contributed by atoms with E-state index in [4.69, 9.17) is 14.2 Å². The van der Waals surface area contributed by atoms with Crippen molar-refractivity contribution in [2.45, 2.75) is 0 Å². The topological polar surface area (TPSA) is 112 Å². The van der Waals surface area contributed by atoms with Crippen LogP contribution in [0.25, 0.3) is 5.69 Å². The van der Waals surface area contributed by atoms with Gasteiger partial charge in [-0.3, -0.25) is 9.59 Å². The van der Waals surface area contributed by atoms with Gasteiger partial charge in [0.15, 0.2) is 22.9 Å². The number of methoxy groups -OCH3 is 1. The molecular formula is C20H17N3O6. The van der Waals surface area contributed by atoms with Crippen molar-refractivity contribution >= 4 is 11.6 Å². The molecule has 0 atom stereocenters. The van der Waals surface area contributed by atoms with Gasteiger partial charge in [0.1, 0.15) is 24.7 Å². The molecule has 1 aliphatic heterocycles. The molecule has 9 heteroatoms. The van der Waals surface area contributed by atoms with Crippen LogP contribution in [0.2, 0.25) is 0 Å². The Morgan fingerprint density at radius 3 is 2.69 bits per heavy atom. The molecule has 2 N–H and O–H groups in total. The predicted octanol–water partition coefficient (Wildman–Crippen LogP) is 1.97. The molecule has 0 unspecified atom stereocenters. The zero-order valence-electron chi connectivity index (χ0n) is 15.4. The van der Waals surface area contributed by atoms with Crippen molar-refractivity contribution in [2.24, 2.45) is 0 Å². The molecule has 0 bridgehead atoms. The molecule has 1 aromatic heterocycles. The lowest BCUT2D eigenvalue weighted by Crippen LogP contribution is -2.25. The molecule has 3 aromatic rings. The maximum atomic E-state index is 12.7. The molecule has 0 fully saturated rings. The van der Waals surface area contributed by atoms with Crippen LogP contribution < -0.4 is 25.1 Å². The number of amides is 1. The summed E-state index contributed by atoms with van der Waals surface area (Å²) in [6.07, 6.45) is 0. The van der Waals surface area contributed by atoms with Gasteiger partial charge >= 0.3 is 0 Å². The van der Waals surface area contributed by atoms with Gasteiger partial charge in [0.05, 0.1) is 7.11 Å². The molecule has 9 nitrogen and oxygen atoms in total. The fourth-order valence-electron chi connectivity index (χ4n) is 2.90. The van der Waals surface area contributed by atoms with Gasteiger partial charge in [-0.15, -0.1) is 0 Å². The molecule has 0 saturated carbocycles. The van der Waals surface area contributed by atoms with Gasteiger partial charge in [-0.25, -0.2) is 0 Å². The fourth-order valence-corrected chi connectivity index (χ4v) is 2.90. The standard InChI is InChI=1S/C20H17N3O6/c1-27-15-5-3-2-4-13(15)23-18(25)11-14(24)19(22-23)20(26)21-12-6-7-16-17(10-12)29-9-8-28-16/h2-7,10-11,24H,8-9H2,1H3,(H,21,26). The molecule has 29 heavy (non-hydrogen) atoms. The molecule has 0 radical (unpaired) electrons. The van der Waals surface area contributed by atoms with Crippen molar-refractivity contribution in [3.8, 4) is 28.7 Å². The molecular weight excluding hydrogens is 378 g/mol. The summed E-state index contributed by atoms with van der Waals surface area (Å²) < 4.78 is 17.2. The highest BCUT2D eigenvalue weighted by molar-refractivity contribution is 6.04. The van der Waals surface area contributed by atoms with Crippen LogP contribution in [-0.4, -0.2) is 41.1 Å². The summed E-state index contributed by atoms with van der Waals surface area (Å²) in [5, 5.41) is 16.8. The number of carbonyl (C=O) groups excluding carboxylic acids is 1. The summed E-state index contributed by atoms with van der Waals surface area (Å²) >= 11 is 0. The van der Waals surface area contributed by atoms with Crippen molar-refractivity contribution in [1.82, 2.24) is 9.78 Å². The normalized spacial score (nSPS) is 12.3. The molecule has 0 saturated heterocycles. The Kier molecular flexibility index (Phi) is 4.78. The van der Waals surface area contributed by atoms with Gasteiger partial charge in [-0.2, -0.15) is 9.78 Å². The van der Waals surface area contributed by atoms with E-state index in [0.717, 1.165) is 10.7 Å². The van der Waals surface area contributed by atoms with Crippen molar-refractivity contribution < 1.29 is 24.1 Å². The van der Waals surface area contributed by atoms with E-state index in [1.54, 1.807) is 42.5 Å². The van der Waals surface area contributed by atoms with Crippen LogP contribution in [0.1, 0.15) is 10.5 Å². The minimum absolute atomic E-state index is 0.314. The van der Waals surface area contributed by atoms with Gasteiger partial charge in [-0.05, 0) is 24.3 Å². The lowest BCUT2D eigenvalue weighted by atomic mass is 10.2. The summed E-state index contributed by atoms with van der Waals surface area (Å²) in [7, 11) is 1.46. The maximum absolute atomic E-state index is 12.7. The SMILES string of the molecule is COc1ccccc1-n1nc(C(=O)Nc2ccc3c(c2)OCCO3)c(O)cc1=O. The van der Waals surface area contributed by atoms with E-state index in [9.17, 15) is 14.7 Å². The molecule has 4 rings (SSSR count). The number of aromatic hydroxyl groups is 1. The summed E-state index contributed by atoms with van der Waals surface area (Å²) in [6.45, 7) is 0.873. The van der Waals surface area contributed by atoms with E-state index in [-0.39, 0.29) is 5.69 Å². The van der Waals surface area contributed by atoms with Gasteiger partial charge in [0, 0.05) is 17.8 Å². The molecule has 0 spiro atoms. The number of aromatic nitrogens is 2. The number of nitrogens with one attached hydrogen (secondary N) is 1. The fraction of sp³-hybridized carbons (Fsp3) is 0.150. The first-order valence-electron chi connectivity index (χ1n) is 8.74. The quantitative estimate of drug-likeness (QED) is 0.695. The van der Waals surface area contributed by atoms with E-state index in [1.807, 2.05) is 0 Å². The first kappa shape index (κ1) is 18.4. The molecule has 1 amide bonds. The number of ether oxygens (including phenoxy) is 3. The Morgan fingerprint density at radius 1 is 1.14 bits per heavy atom. The van der Waals surface area contributed by atoms with E-state index >= 15 is 0 Å². The monoisotopic (exact) mass is 395 g/mol. The smallest absolute Gasteiger partial charge is 0.279 e. The lowest BCUT2D eigenvalue weighted by molar-refractivity contribution is 0.101. The van der Waals surface area contributed by atoms with E-state index in [1.165, 1.54) is 7.11 Å². The van der Waals surface area contributed by atoms with Crippen LogP contribution in [0.5, 0.6) is 23.0 Å². The molecule has 1 aliphatic rings. The zero-order chi connectivity index (χ0) is 20.4. The van der Waals surface area contributed by atoms with E-state index < -0.39 is 17.2 Å². The van der Waals surface area contributed by atoms with Gasteiger partial charge in [0.2, 0.25) is 0 Å². The Hall–Kier alpha value is -4.01. The number of hydrogen-bond acceptors (Lipinski definition) is 7. The number of benzene rings is 2. The van der Waals surface area contributed by atoms with Crippen molar-refractivity contribution in [2.75, 3.05) is 25.6 Å². The Balaban J connectivity index is 1.68. The number of anilines is 1. The van der Waals surface area contributed by atoms with Crippen molar-refractivity contribution in [3.63, 3.8) is 0 Å². The number of para-hydroxylation sites is 2. The summed E-state index contributed by atoms with van der Waals surface area (Å²) in [4.78, 5) is 25.0. The van der Waals surface area contributed by atoms with Gasteiger partial charge in [-0.1, -0.05) is 12.1 Å². The third-order valence-corrected chi connectivity index (χ3v) is 4.24. The van der Waals surface area contributed by atoms with Crippen LogP contribution in [-0.2, 0) is 0 Å². The third kappa shape index (κ3) is 3.57. The highest BCUT2D eigenvalue weighted by Gasteiger charge is 2.19. The Bertz CT molecular complexity index is 1140. The number of carbonyl (C=O) groups is 1. The summed E-state index contributed by atoms with van der Waals surface area (Å²) in [6, 6.07) is 12.6.